The first-order chi connectivity index (χ1) is 5.38. The van der Waals surface area contributed by atoms with Gasteiger partial charge in [-0.15, -0.1) is 0 Å². The van der Waals surface area contributed by atoms with Gasteiger partial charge in [0.15, 0.2) is 0 Å². The molecule has 0 bridgehead atoms. The Balaban J connectivity index is 2.49. The van der Waals surface area contributed by atoms with Crippen LogP contribution in [0.15, 0.2) is 17.6 Å². The maximum absolute atomic E-state index is 4.17. The van der Waals surface area contributed by atoms with E-state index < -0.39 is 0 Å². The van der Waals surface area contributed by atoms with Gasteiger partial charge in [0.25, 0.3) is 0 Å². The summed E-state index contributed by atoms with van der Waals surface area (Å²) in [5.41, 5.74) is 1.10. The van der Waals surface area contributed by atoms with Crippen molar-refractivity contribution >= 4 is 5.71 Å². The van der Waals surface area contributed by atoms with Crippen LogP contribution >= 0.6 is 0 Å². The van der Waals surface area contributed by atoms with Crippen LogP contribution in [-0.4, -0.2) is 25.3 Å². The third-order valence-electron chi connectivity index (χ3n) is 2.13. The fourth-order valence-corrected chi connectivity index (χ4v) is 1.49. The molecule has 0 aromatic rings. The second-order valence-electron chi connectivity index (χ2n) is 2.86. The summed E-state index contributed by atoms with van der Waals surface area (Å²) in [5, 5.41) is 3.42. The highest BCUT2D eigenvalue weighted by Gasteiger charge is 2.14. The molecule has 1 atom stereocenters. The summed E-state index contributed by atoms with van der Waals surface area (Å²) in [4.78, 5) is 4.17. The summed E-state index contributed by atoms with van der Waals surface area (Å²) in [6.07, 6.45) is 5.66. The monoisotopic (exact) mass is 152 g/mol. The molecule has 0 aromatic carbocycles. The molecule has 1 aliphatic rings. The Morgan fingerprint density at radius 1 is 1.64 bits per heavy atom. The molecular formula is C9H16N2. The third-order valence-corrected chi connectivity index (χ3v) is 2.13. The van der Waals surface area contributed by atoms with E-state index in [1.54, 1.807) is 0 Å². The van der Waals surface area contributed by atoms with Gasteiger partial charge in [0.05, 0.1) is 5.71 Å². The highest BCUT2D eigenvalue weighted by atomic mass is 14.9. The largest absolute Gasteiger partial charge is 0.309 e. The minimum absolute atomic E-state index is 0.464. The number of hydrogen-bond donors (Lipinski definition) is 1. The minimum atomic E-state index is 0.464. The number of hydrogen-bond acceptors (Lipinski definition) is 2. The maximum Gasteiger partial charge on any atom is 0.0508 e. The average Bonchev–Trinajstić information content (AvgIpc) is 2.09. The van der Waals surface area contributed by atoms with Crippen LogP contribution in [0.3, 0.4) is 0 Å². The Labute approximate surface area is 68.4 Å². The predicted molar refractivity (Wildman–Crippen MR) is 49.2 cm³/mol. The van der Waals surface area contributed by atoms with Crippen LogP contribution in [0, 0.1) is 0 Å². The van der Waals surface area contributed by atoms with Crippen molar-refractivity contribution in [2.24, 2.45) is 4.99 Å². The van der Waals surface area contributed by atoms with Crippen LogP contribution in [0.5, 0.6) is 0 Å². The van der Waals surface area contributed by atoms with Crippen molar-refractivity contribution in [2.45, 2.75) is 25.3 Å². The van der Waals surface area contributed by atoms with Gasteiger partial charge in [-0.2, -0.15) is 0 Å². The highest BCUT2D eigenvalue weighted by molar-refractivity contribution is 5.98. The molecule has 1 N–H and O–H groups in total. The molecule has 1 rings (SSSR count). The fourth-order valence-electron chi connectivity index (χ4n) is 1.49. The normalized spacial score (nSPS) is 26.6. The summed E-state index contributed by atoms with van der Waals surface area (Å²) in [5.74, 6) is 0. The average molecular weight is 152 g/mol. The van der Waals surface area contributed by atoms with Crippen molar-refractivity contribution in [2.75, 3.05) is 13.6 Å². The Kier molecular flexibility index (Phi) is 3.30. The van der Waals surface area contributed by atoms with Crippen LogP contribution in [0.25, 0.3) is 0 Å². The quantitative estimate of drug-likeness (QED) is 0.594. The number of piperidine rings is 1. The molecule has 2 nitrogen and oxygen atoms in total. The highest BCUT2D eigenvalue weighted by Crippen LogP contribution is 2.08. The summed E-state index contributed by atoms with van der Waals surface area (Å²) >= 11 is 0. The van der Waals surface area contributed by atoms with Gasteiger partial charge in [-0.1, -0.05) is 13.0 Å². The standard InChI is InChI=1S/C9H16N2/c1-3-8(10-2)9-6-4-5-7-11-9/h3,9,11H,1,4-7H2,2H3. The van der Waals surface area contributed by atoms with Gasteiger partial charge in [-0.3, -0.25) is 4.99 Å². The summed E-state index contributed by atoms with van der Waals surface area (Å²) < 4.78 is 0. The smallest absolute Gasteiger partial charge is 0.0508 e. The van der Waals surface area contributed by atoms with E-state index in [9.17, 15) is 0 Å². The lowest BCUT2D eigenvalue weighted by Gasteiger charge is -2.23. The molecule has 0 saturated carbocycles. The van der Waals surface area contributed by atoms with Crippen molar-refractivity contribution in [3.63, 3.8) is 0 Å². The molecule has 1 fully saturated rings. The number of nitrogens with zero attached hydrogens (tertiary/aromatic N) is 1. The molecule has 0 amide bonds. The molecule has 11 heavy (non-hydrogen) atoms. The summed E-state index contributed by atoms with van der Waals surface area (Å²) in [7, 11) is 1.83. The Morgan fingerprint density at radius 2 is 2.45 bits per heavy atom. The zero-order valence-electron chi connectivity index (χ0n) is 7.14. The lowest BCUT2D eigenvalue weighted by molar-refractivity contribution is 0.472. The minimum Gasteiger partial charge on any atom is -0.309 e. The molecule has 0 aliphatic carbocycles. The first-order valence-corrected chi connectivity index (χ1v) is 4.21. The van der Waals surface area contributed by atoms with Crippen molar-refractivity contribution in [3.8, 4) is 0 Å². The molecule has 0 aromatic heterocycles. The van der Waals surface area contributed by atoms with Gasteiger partial charge >= 0.3 is 0 Å². The topological polar surface area (TPSA) is 24.4 Å². The molecule has 1 unspecified atom stereocenters. The van der Waals surface area contributed by atoms with Crippen LogP contribution in [0.1, 0.15) is 19.3 Å². The molecule has 0 spiro atoms. The number of rotatable bonds is 2. The van der Waals surface area contributed by atoms with E-state index in [0.717, 1.165) is 12.3 Å². The zero-order chi connectivity index (χ0) is 8.10. The number of nitrogens with one attached hydrogen (secondary N) is 1. The van der Waals surface area contributed by atoms with E-state index in [1.165, 1.54) is 19.3 Å². The van der Waals surface area contributed by atoms with Crippen molar-refractivity contribution < 1.29 is 0 Å². The van der Waals surface area contributed by atoms with Crippen LogP contribution in [-0.2, 0) is 0 Å². The van der Waals surface area contributed by atoms with E-state index in [-0.39, 0.29) is 0 Å². The van der Waals surface area contributed by atoms with Crippen LogP contribution < -0.4 is 5.32 Å². The molecule has 1 saturated heterocycles. The molecular weight excluding hydrogens is 136 g/mol. The Bertz CT molecular complexity index is 155. The van der Waals surface area contributed by atoms with Crippen LogP contribution in [0.2, 0.25) is 0 Å². The van der Waals surface area contributed by atoms with E-state index in [2.05, 4.69) is 16.9 Å². The van der Waals surface area contributed by atoms with Gasteiger partial charge in [0, 0.05) is 13.1 Å². The molecule has 0 radical (unpaired) electrons. The second-order valence-corrected chi connectivity index (χ2v) is 2.86. The molecule has 2 heteroatoms. The second kappa shape index (κ2) is 4.29. The van der Waals surface area contributed by atoms with Gasteiger partial charge < -0.3 is 5.32 Å². The Morgan fingerprint density at radius 3 is 2.91 bits per heavy atom. The van der Waals surface area contributed by atoms with Crippen molar-refractivity contribution in [1.82, 2.24) is 5.32 Å². The lowest BCUT2D eigenvalue weighted by atomic mass is 10.0. The van der Waals surface area contributed by atoms with Gasteiger partial charge in [0.1, 0.15) is 0 Å². The van der Waals surface area contributed by atoms with Gasteiger partial charge in [-0.25, -0.2) is 0 Å². The van der Waals surface area contributed by atoms with Crippen molar-refractivity contribution in [1.29, 1.82) is 0 Å². The molecule has 62 valence electrons. The molecule has 1 heterocycles. The van der Waals surface area contributed by atoms with Crippen LogP contribution in [0.4, 0.5) is 0 Å². The fraction of sp³-hybridized carbons (Fsp3) is 0.667. The van der Waals surface area contributed by atoms with Gasteiger partial charge in [-0.05, 0) is 25.5 Å². The van der Waals surface area contributed by atoms with E-state index in [1.807, 2.05) is 13.1 Å². The number of aliphatic imine (C=N–C) groups is 1. The Hall–Kier alpha value is -0.630. The summed E-state index contributed by atoms with van der Waals surface area (Å²) in [6, 6.07) is 0.464. The third kappa shape index (κ3) is 2.15. The summed E-state index contributed by atoms with van der Waals surface area (Å²) in [6.45, 7) is 4.86. The SMILES string of the molecule is C=CC(=NC)C1CCCCN1. The predicted octanol–water partition coefficient (Wildman–Crippen LogP) is 1.39. The van der Waals surface area contributed by atoms with Gasteiger partial charge in [0.2, 0.25) is 0 Å². The zero-order valence-corrected chi connectivity index (χ0v) is 7.14. The maximum atomic E-state index is 4.17. The van der Waals surface area contributed by atoms with E-state index >= 15 is 0 Å². The first-order valence-electron chi connectivity index (χ1n) is 4.21. The molecule has 1 aliphatic heterocycles. The first kappa shape index (κ1) is 8.47. The van der Waals surface area contributed by atoms with Crippen molar-refractivity contribution in [3.05, 3.63) is 12.7 Å². The van der Waals surface area contributed by atoms with E-state index in [4.69, 9.17) is 0 Å². The lowest BCUT2D eigenvalue weighted by Crippen LogP contribution is -2.39. The van der Waals surface area contributed by atoms with E-state index in [0.29, 0.717) is 6.04 Å².